The standard InChI is InChI=1S/C21H31NO6S/c1-20(2,3)28-17(23)12-15(18(24)25)22-19(26)27-16(13-29-21(4,5)6)14-10-8-7-9-11-14/h7-11,15-16H,12-13H2,1-6H3,(H,22,26)(H,24,25)/t15-,16?/m0/s1. The molecule has 2 atom stereocenters. The van der Waals surface area contributed by atoms with E-state index in [4.69, 9.17) is 9.47 Å². The molecule has 0 fully saturated rings. The van der Waals surface area contributed by atoms with Gasteiger partial charge in [0, 0.05) is 10.5 Å². The first-order valence-corrected chi connectivity index (χ1v) is 10.4. The zero-order valence-electron chi connectivity index (χ0n) is 17.9. The normalized spacial score (nSPS) is 13.9. The number of carboxylic acid groups (broad SMARTS) is 1. The molecule has 2 N–H and O–H groups in total. The van der Waals surface area contributed by atoms with Crippen LogP contribution in [0.15, 0.2) is 30.3 Å². The Morgan fingerprint density at radius 3 is 2.14 bits per heavy atom. The van der Waals surface area contributed by atoms with Crippen LogP contribution in [-0.4, -0.2) is 45.3 Å². The van der Waals surface area contributed by atoms with Crippen molar-refractivity contribution in [2.45, 2.75) is 70.5 Å². The quantitative estimate of drug-likeness (QED) is 0.603. The van der Waals surface area contributed by atoms with E-state index in [9.17, 15) is 19.5 Å². The highest BCUT2D eigenvalue weighted by atomic mass is 32.2. The predicted molar refractivity (Wildman–Crippen MR) is 113 cm³/mol. The second-order valence-electron chi connectivity index (χ2n) is 8.55. The molecule has 0 bridgehead atoms. The van der Waals surface area contributed by atoms with E-state index in [2.05, 4.69) is 26.1 Å². The van der Waals surface area contributed by atoms with E-state index in [1.54, 1.807) is 32.5 Å². The van der Waals surface area contributed by atoms with Gasteiger partial charge in [0.25, 0.3) is 0 Å². The third-order valence-electron chi connectivity index (χ3n) is 3.47. The lowest BCUT2D eigenvalue weighted by Crippen LogP contribution is -2.44. The lowest BCUT2D eigenvalue weighted by molar-refractivity contribution is -0.158. The minimum atomic E-state index is -1.44. The average Bonchev–Trinajstić information content (AvgIpc) is 2.56. The van der Waals surface area contributed by atoms with Crippen molar-refractivity contribution in [1.29, 1.82) is 0 Å². The summed E-state index contributed by atoms with van der Waals surface area (Å²) in [5.74, 6) is -1.55. The Balaban J connectivity index is 2.80. The number of hydrogen-bond acceptors (Lipinski definition) is 6. The maximum absolute atomic E-state index is 12.4. The first kappa shape index (κ1) is 24.8. The van der Waals surface area contributed by atoms with E-state index in [0.717, 1.165) is 5.56 Å². The van der Waals surface area contributed by atoms with Gasteiger partial charge >= 0.3 is 18.0 Å². The van der Waals surface area contributed by atoms with E-state index in [0.29, 0.717) is 5.75 Å². The topological polar surface area (TPSA) is 102 Å². The summed E-state index contributed by atoms with van der Waals surface area (Å²) in [4.78, 5) is 35.8. The van der Waals surface area contributed by atoms with Crippen LogP contribution in [0.2, 0.25) is 0 Å². The van der Waals surface area contributed by atoms with Crippen molar-refractivity contribution in [2.75, 3.05) is 5.75 Å². The summed E-state index contributed by atoms with van der Waals surface area (Å²) in [5, 5.41) is 11.6. The van der Waals surface area contributed by atoms with Gasteiger partial charge in [0.2, 0.25) is 0 Å². The number of amides is 1. The van der Waals surface area contributed by atoms with Crippen LogP contribution in [0.4, 0.5) is 4.79 Å². The molecule has 1 amide bonds. The fourth-order valence-corrected chi connectivity index (χ4v) is 3.16. The minimum Gasteiger partial charge on any atom is -0.480 e. The molecule has 8 heteroatoms. The number of alkyl carbamates (subject to hydrolysis) is 1. The molecule has 0 aromatic heterocycles. The van der Waals surface area contributed by atoms with Gasteiger partial charge in [-0.3, -0.25) is 4.79 Å². The monoisotopic (exact) mass is 425 g/mol. The van der Waals surface area contributed by atoms with Crippen LogP contribution in [0.3, 0.4) is 0 Å². The third kappa shape index (κ3) is 10.8. The summed E-state index contributed by atoms with van der Waals surface area (Å²) in [6, 6.07) is 7.79. The summed E-state index contributed by atoms with van der Waals surface area (Å²) in [6.45, 7) is 11.2. The minimum absolute atomic E-state index is 0.0345. The van der Waals surface area contributed by atoms with Crippen molar-refractivity contribution in [3.63, 3.8) is 0 Å². The SMILES string of the molecule is CC(C)(C)OC(=O)C[C@H](NC(=O)OC(CSC(C)(C)C)c1ccccc1)C(=O)O. The molecule has 1 rings (SSSR count). The van der Waals surface area contributed by atoms with Crippen molar-refractivity contribution in [2.24, 2.45) is 0 Å². The molecule has 162 valence electrons. The zero-order valence-corrected chi connectivity index (χ0v) is 18.7. The first-order valence-electron chi connectivity index (χ1n) is 9.37. The molecule has 0 heterocycles. The maximum Gasteiger partial charge on any atom is 0.408 e. The van der Waals surface area contributed by atoms with E-state index in [1.165, 1.54) is 0 Å². The van der Waals surface area contributed by atoms with Gasteiger partial charge in [0.05, 0.1) is 6.42 Å². The molecule has 7 nitrogen and oxygen atoms in total. The van der Waals surface area contributed by atoms with Gasteiger partial charge in [-0.2, -0.15) is 11.8 Å². The fourth-order valence-electron chi connectivity index (χ4n) is 2.25. The molecular formula is C21H31NO6S. The molecule has 0 aliphatic rings. The van der Waals surface area contributed by atoms with Crippen molar-refractivity contribution >= 4 is 29.8 Å². The highest BCUT2D eigenvalue weighted by molar-refractivity contribution is 8.00. The van der Waals surface area contributed by atoms with Crippen molar-refractivity contribution in [3.05, 3.63) is 35.9 Å². The number of nitrogens with one attached hydrogen (secondary N) is 1. The number of rotatable bonds is 8. The Morgan fingerprint density at radius 1 is 1.07 bits per heavy atom. The van der Waals surface area contributed by atoms with Gasteiger partial charge in [0.1, 0.15) is 17.7 Å². The Morgan fingerprint density at radius 2 is 1.66 bits per heavy atom. The molecule has 0 radical (unpaired) electrons. The summed E-state index contributed by atoms with van der Waals surface area (Å²) in [7, 11) is 0. The maximum atomic E-state index is 12.4. The van der Waals surface area contributed by atoms with Gasteiger partial charge in [-0.1, -0.05) is 51.1 Å². The third-order valence-corrected chi connectivity index (χ3v) is 4.80. The number of ether oxygens (including phenoxy) is 2. The van der Waals surface area contributed by atoms with Crippen LogP contribution in [0.1, 0.15) is 59.6 Å². The van der Waals surface area contributed by atoms with Gasteiger partial charge in [-0.15, -0.1) is 0 Å². The molecule has 1 aromatic carbocycles. The first-order chi connectivity index (χ1) is 13.3. The van der Waals surface area contributed by atoms with Gasteiger partial charge < -0.3 is 19.9 Å². The van der Waals surface area contributed by atoms with Gasteiger partial charge in [-0.05, 0) is 26.3 Å². The van der Waals surface area contributed by atoms with Crippen LogP contribution in [-0.2, 0) is 19.1 Å². The van der Waals surface area contributed by atoms with E-state index in [1.807, 2.05) is 30.3 Å². The Labute approximate surface area is 176 Å². The van der Waals surface area contributed by atoms with E-state index < -0.39 is 42.2 Å². The summed E-state index contributed by atoms with van der Waals surface area (Å²) in [6.07, 6.45) is -1.95. The van der Waals surface area contributed by atoms with Gasteiger partial charge in [0.15, 0.2) is 0 Å². The number of carboxylic acids is 1. The molecule has 29 heavy (non-hydrogen) atoms. The number of esters is 1. The Kier molecular flexibility index (Phi) is 9.01. The number of benzene rings is 1. The number of carbonyl (C=O) groups excluding carboxylic acids is 2. The molecule has 0 aliphatic carbocycles. The zero-order chi connectivity index (χ0) is 22.2. The number of hydrogen-bond donors (Lipinski definition) is 2. The van der Waals surface area contributed by atoms with E-state index >= 15 is 0 Å². The molecule has 1 aromatic rings. The average molecular weight is 426 g/mol. The second kappa shape index (κ2) is 10.5. The van der Waals surface area contributed by atoms with Crippen LogP contribution < -0.4 is 5.32 Å². The number of aliphatic carboxylic acids is 1. The van der Waals surface area contributed by atoms with Crippen molar-refractivity contribution in [3.8, 4) is 0 Å². The summed E-state index contributed by atoms with van der Waals surface area (Å²) in [5.41, 5.74) is 0.0573. The summed E-state index contributed by atoms with van der Waals surface area (Å²) < 4.78 is 10.6. The molecule has 1 unspecified atom stereocenters. The van der Waals surface area contributed by atoms with E-state index in [-0.39, 0.29) is 4.75 Å². The second-order valence-corrected chi connectivity index (χ2v) is 10.4. The molecule has 0 saturated heterocycles. The highest BCUT2D eigenvalue weighted by Gasteiger charge is 2.28. The van der Waals surface area contributed by atoms with Gasteiger partial charge in [-0.25, -0.2) is 9.59 Å². The summed E-state index contributed by atoms with van der Waals surface area (Å²) >= 11 is 1.63. The Hall–Kier alpha value is -2.22. The molecule has 0 saturated carbocycles. The van der Waals surface area contributed by atoms with Crippen LogP contribution in [0, 0.1) is 0 Å². The molecular weight excluding hydrogens is 394 g/mol. The smallest absolute Gasteiger partial charge is 0.408 e. The van der Waals surface area contributed by atoms with Crippen molar-refractivity contribution in [1.82, 2.24) is 5.32 Å². The highest BCUT2D eigenvalue weighted by Crippen LogP contribution is 2.30. The molecule has 0 aliphatic heterocycles. The van der Waals surface area contributed by atoms with Crippen LogP contribution >= 0.6 is 11.8 Å². The number of carbonyl (C=O) groups is 3. The van der Waals surface area contributed by atoms with Crippen LogP contribution in [0.25, 0.3) is 0 Å². The van der Waals surface area contributed by atoms with Crippen molar-refractivity contribution < 1.29 is 29.0 Å². The lowest BCUT2D eigenvalue weighted by Gasteiger charge is -2.24. The fraction of sp³-hybridized carbons (Fsp3) is 0.571. The Bertz CT molecular complexity index is 693. The predicted octanol–water partition coefficient (Wildman–Crippen LogP) is 4.17. The molecule has 0 spiro atoms. The van der Waals surface area contributed by atoms with Crippen LogP contribution in [0.5, 0.6) is 0 Å². The number of thioether (sulfide) groups is 1. The lowest BCUT2D eigenvalue weighted by atomic mass is 10.1. The largest absolute Gasteiger partial charge is 0.480 e.